The van der Waals surface area contributed by atoms with Crippen molar-refractivity contribution < 1.29 is 32.3 Å². The number of halogens is 2. The van der Waals surface area contributed by atoms with Crippen molar-refractivity contribution in [3.05, 3.63) is 42.1 Å². The van der Waals surface area contributed by atoms with Crippen LogP contribution >= 0.6 is 23.4 Å². The molecule has 0 unspecified atom stereocenters. The number of nitrogens with zero attached hydrogens (tertiary/aromatic N) is 2. The first-order chi connectivity index (χ1) is 21.1. The van der Waals surface area contributed by atoms with Crippen molar-refractivity contribution in [3.63, 3.8) is 0 Å². The summed E-state index contributed by atoms with van der Waals surface area (Å²) < 4.78 is 39.0. The van der Waals surface area contributed by atoms with E-state index < -0.39 is 68.1 Å². The lowest BCUT2D eigenvalue weighted by Crippen LogP contribution is -2.58. The normalized spacial score (nSPS) is 25.4. The zero-order chi connectivity index (χ0) is 32.9. The van der Waals surface area contributed by atoms with Crippen LogP contribution in [0.3, 0.4) is 0 Å². The van der Waals surface area contributed by atoms with Gasteiger partial charge in [-0.3, -0.25) is 19.1 Å². The Morgan fingerprint density at radius 1 is 1.22 bits per heavy atom. The molecule has 12 nitrogen and oxygen atoms in total. The van der Waals surface area contributed by atoms with Crippen molar-refractivity contribution in [1.29, 1.82) is 0 Å². The predicted octanol–water partition coefficient (Wildman–Crippen LogP) is 3.07. The van der Waals surface area contributed by atoms with Gasteiger partial charge in [0.05, 0.1) is 25.1 Å². The van der Waals surface area contributed by atoms with E-state index in [0.29, 0.717) is 34.4 Å². The molecule has 0 spiro atoms. The lowest BCUT2D eigenvalue weighted by atomic mass is 9.86. The molecule has 45 heavy (non-hydrogen) atoms. The van der Waals surface area contributed by atoms with E-state index in [-0.39, 0.29) is 25.3 Å². The molecule has 0 radical (unpaired) electrons. The van der Waals surface area contributed by atoms with E-state index in [1.165, 1.54) is 24.3 Å². The minimum atomic E-state index is -3.86. The number of rotatable bonds is 11. The zero-order valence-corrected chi connectivity index (χ0v) is 27.8. The van der Waals surface area contributed by atoms with E-state index >= 15 is 0 Å². The highest BCUT2D eigenvalue weighted by molar-refractivity contribution is 7.91. The Kier molecular flexibility index (Phi) is 9.04. The minimum Gasteiger partial charge on any atom is -0.494 e. The number of nitrogens with one attached hydrogen (secondary N) is 3. The molecule has 0 bridgehead atoms. The Bertz CT molecular complexity index is 1640. The highest BCUT2D eigenvalue weighted by Crippen LogP contribution is 2.45. The van der Waals surface area contributed by atoms with Crippen LogP contribution in [0.25, 0.3) is 10.8 Å². The number of sulfonamides is 1. The maximum atomic E-state index is 14.0. The summed E-state index contributed by atoms with van der Waals surface area (Å²) in [6.07, 6.45) is 3.52. The second-order valence-electron chi connectivity index (χ2n) is 12.9. The second-order valence-corrected chi connectivity index (χ2v) is 15.5. The maximum Gasteiger partial charge on any atom is 0.259 e. The van der Waals surface area contributed by atoms with Crippen LogP contribution in [-0.4, -0.2) is 78.7 Å². The number of likely N-dealkylation sites (tertiary alicyclic amines) is 1. The van der Waals surface area contributed by atoms with Crippen molar-refractivity contribution in [2.75, 3.05) is 13.7 Å². The van der Waals surface area contributed by atoms with Gasteiger partial charge in [-0.2, -0.15) is 0 Å². The van der Waals surface area contributed by atoms with Crippen molar-refractivity contribution in [2.45, 2.75) is 75.4 Å². The van der Waals surface area contributed by atoms with Crippen molar-refractivity contribution in [3.8, 4) is 11.6 Å². The van der Waals surface area contributed by atoms with Gasteiger partial charge in [-0.15, -0.1) is 6.58 Å². The lowest BCUT2D eigenvalue weighted by molar-refractivity contribution is -0.142. The number of hydrogen-bond donors (Lipinski definition) is 3. The highest BCUT2D eigenvalue weighted by Gasteiger charge is 2.62. The van der Waals surface area contributed by atoms with E-state index in [0.717, 1.165) is 0 Å². The summed E-state index contributed by atoms with van der Waals surface area (Å²) in [5.41, 5.74) is -2.13. The molecule has 5 rings (SSSR count). The first-order valence-corrected chi connectivity index (χ1v) is 16.9. The summed E-state index contributed by atoms with van der Waals surface area (Å²) in [6, 6.07) is 3.26. The Hall–Kier alpha value is -3.13. The van der Waals surface area contributed by atoms with Gasteiger partial charge in [-0.1, -0.05) is 38.4 Å². The number of aromatic nitrogens is 1. The van der Waals surface area contributed by atoms with Gasteiger partial charge in [0.15, 0.2) is 0 Å². The molecule has 3 N–H and O–H groups in total. The fourth-order valence-corrected chi connectivity index (χ4v) is 7.68. The Labute approximate surface area is 272 Å². The summed E-state index contributed by atoms with van der Waals surface area (Å²) in [5, 5.41) is 3.90. The Morgan fingerprint density at radius 3 is 2.51 bits per heavy atom. The number of benzene rings is 1. The van der Waals surface area contributed by atoms with E-state index in [4.69, 9.17) is 32.9 Å². The average Bonchev–Trinajstić information content (AvgIpc) is 3.89. The molecule has 2 aromatic rings. The average molecular weight is 683 g/mol. The number of pyridine rings is 1. The van der Waals surface area contributed by atoms with E-state index in [1.807, 2.05) is 20.8 Å². The van der Waals surface area contributed by atoms with Crippen LogP contribution in [0.2, 0.25) is 5.02 Å². The molecule has 1 aromatic carbocycles. The molecule has 1 saturated heterocycles. The maximum absolute atomic E-state index is 14.0. The van der Waals surface area contributed by atoms with E-state index in [1.54, 1.807) is 18.2 Å². The first kappa shape index (κ1) is 33.2. The molecule has 2 aliphatic carbocycles. The molecule has 1 aromatic heterocycles. The van der Waals surface area contributed by atoms with Gasteiger partial charge >= 0.3 is 0 Å². The van der Waals surface area contributed by atoms with E-state index in [9.17, 15) is 22.8 Å². The third-order valence-electron chi connectivity index (χ3n) is 8.59. The number of carbonyl (C=O) groups is 3. The van der Waals surface area contributed by atoms with Crippen molar-refractivity contribution in [1.82, 2.24) is 24.8 Å². The predicted molar refractivity (Wildman–Crippen MR) is 169 cm³/mol. The summed E-state index contributed by atoms with van der Waals surface area (Å²) in [7, 11) is -2.33. The molecule has 3 amide bonds. The van der Waals surface area contributed by atoms with Crippen molar-refractivity contribution >= 4 is 61.9 Å². The van der Waals surface area contributed by atoms with Gasteiger partial charge < -0.3 is 19.7 Å². The molecule has 5 atom stereocenters. The van der Waals surface area contributed by atoms with E-state index in [2.05, 4.69) is 26.4 Å². The van der Waals surface area contributed by atoms with Crippen molar-refractivity contribution in [2.24, 2.45) is 11.3 Å². The van der Waals surface area contributed by atoms with Gasteiger partial charge in [-0.05, 0) is 54.7 Å². The van der Waals surface area contributed by atoms with Crippen LogP contribution in [0.4, 0.5) is 0 Å². The molecule has 1 aliphatic heterocycles. The van der Waals surface area contributed by atoms with Crippen LogP contribution in [0.1, 0.15) is 46.5 Å². The highest BCUT2D eigenvalue weighted by atomic mass is 35.5. The summed E-state index contributed by atoms with van der Waals surface area (Å²) in [4.78, 5) is 49.5. The van der Waals surface area contributed by atoms with Crippen LogP contribution in [0.5, 0.6) is 11.6 Å². The third-order valence-corrected chi connectivity index (χ3v) is 10.9. The monoisotopic (exact) mass is 681 g/mol. The zero-order valence-electron chi connectivity index (χ0n) is 25.4. The van der Waals surface area contributed by atoms with Gasteiger partial charge in [0, 0.05) is 28.1 Å². The quantitative estimate of drug-likeness (QED) is 0.240. The van der Waals surface area contributed by atoms with Gasteiger partial charge in [0.25, 0.3) is 5.91 Å². The van der Waals surface area contributed by atoms with Crippen LogP contribution in [0.15, 0.2) is 37.1 Å². The molecule has 2 saturated carbocycles. The molecule has 244 valence electrons. The molecule has 3 aliphatic rings. The Balaban J connectivity index is 1.43. The largest absolute Gasteiger partial charge is 0.494 e. The van der Waals surface area contributed by atoms with Gasteiger partial charge in [-0.25, -0.2) is 18.2 Å². The number of methoxy groups -OCH3 is 1. The molecular weight excluding hydrogens is 645 g/mol. The van der Waals surface area contributed by atoms with Gasteiger partial charge in [0.2, 0.25) is 27.7 Å². The third kappa shape index (κ3) is 6.58. The molecular formula is C30H37Cl2N5O7S. The van der Waals surface area contributed by atoms with Crippen LogP contribution in [-0.2, 0) is 24.4 Å². The SMILES string of the molecule is C=C[C@@H]1C[C@]1(NC(=O)[C@@H]1C[C@@H](Oc2ncc(OC)c3ccc(Cl)cc23)CN1C(=O)[C@@H](NCl)C(C)(C)C)C(=O)NS(=O)(=O)C1CC1. The molecule has 15 heteroatoms. The first-order valence-electron chi connectivity index (χ1n) is 14.6. The second kappa shape index (κ2) is 12.2. The fourth-order valence-electron chi connectivity index (χ4n) is 5.72. The lowest BCUT2D eigenvalue weighted by Gasteiger charge is -2.34. The number of ether oxygens (including phenoxy) is 2. The Morgan fingerprint density at radius 2 is 1.93 bits per heavy atom. The van der Waals surface area contributed by atoms with Crippen LogP contribution < -0.4 is 24.3 Å². The fraction of sp³-hybridized carbons (Fsp3) is 0.533. The summed E-state index contributed by atoms with van der Waals surface area (Å²) in [6.45, 7) is 9.25. The molecule has 2 heterocycles. The smallest absolute Gasteiger partial charge is 0.259 e. The summed E-state index contributed by atoms with van der Waals surface area (Å²) in [5.74, 6) is -1.62. The topological polar surface area (TPSA) is 156 Å². The molecule has 3 fully saturated rings. The number of hydrogen-bond acceptors (Lipinski definition) is 9. The van der Waals surface area contributed by atoms with Gasteiger partial charge in [0.1, 0.15) is 29.5 Å². The number of fused-ring (bicyclic) bond motifs is 1. The van der Waals surface area contributed by atoms with Crippen LogP contribution in [0, 0.1) is 11.3 Å². The number of amides is 3. The standard InChI is InChI=1S/C30H37Cl2N5O7S/c1-6-16-13-30(16,28(40)36-45(41,42)19-8-9-19)34-25(38)22-12-18(15-37(22)27(39)24(35-32)29(2,3)4)44-26-21-11-17(31)7-10-20(21)23(43-5)14-33-26/h6-7,10-11,14,16,18-19,22,24,35H,1,8-9,12-13,15H2,2-5H3,(H,34,38)(H,36,40)/t16-,18-,22+,24-,30-/m1/s1. The minimum absolute atomic E-state index is 0.0119. The summed E-state index contributed by atoms with van der Waals surface area (Å²) >= 11 is 12.3. The number of carbonyl (C=O) groups excluding carboxylic acids is 3.